The molecule has 1 saturated carbocycles. The van der Waals surface area contributed by atoms with Gasteiger partial charge in [-0.3, -0.25) is 14.8 Å². The molecule has 0 spiro atoms. The van der Waals surface area contributed by atoms with Crippen molar-refractivity contribution >= 4 is 11.8 Å². The van der Waals surface area contributed by atoms with E-state index in [0.29, 0.717) is 11.6 Å². The first kappa shape index (κ1) is 16.0. The number of carbonyl (C=O) groups is 2. The fourth-order valence-corrected chi connectivity index (χ4v) is 3.65. The van der Waals surface area contributed by atoms with Gasteiger partial charge in [0.2, 0.25) is 5.91 Å². The third-order valence-electron chi connectivity index (χ3n) is 5.13. The van der Waals surface area contributed by atoms with Gasteiger partial charge < -0.3 is 4.90 Å². The van der Waals surface area contributed by atoms with Crippen molar-refractivity contribution in [3.05, 3.63) is 34.9 Å². The van der Waals surface area contributed by atoms with Gasteiger partial charge in [0, 0.05) is 25.1 Å². The standard InChI is InChI=1S/C18H24N2O3/c1-12(21)20(16-5-6-16)11-18(2)8-7-13-9-14(17(22)19-23)3-4-15(13)10-18/h3-4,9,16,23H,5-8,10-11H2,1-2H3,(H,19,22). The number of benzene rings is 1. The number of rotatable bonds is 4. The third-order valence-corrected chi connectivity index (χ3v) is 5.13. The molecule has 0 heterocycles. The molecule has 5 heteroatoms. The molecule has 1 atom stereocenters. The molecule has 0 saturated heterocycles. The lowest BCUT2D eigenvalue weighted by atomic mass is 9.72. The number of nitrogens with zero attached hydrogens (tertiary/aromatic N) is 1. The van der Waals surface area contributed by atoms with Crippen molar-refractivity contribution in [2.45, 2.75) is 52.0 Å². The number of hydroxylamine groups is 1. The highest BCUT2D eigenvalue weighted by Gasteiger charge is 2.38. The average Bonchev–Trinajstić information content (AvgIpc) is 3.36. The number of hydrogen-bond acceptors (Lipinski definition) is 3. The highest BCUT2D eigenvalue weighted by molar-refractivity contribution is 5.93. The van der Waals surface area contributed by atoms with E-state index in [1.807, 2.05) is 17.0 Å². The predicted octanol–water partition coefficient (Wildman–Crippen LogP) is 2.31. The van der Waals surface area contributed by atoms with Crippen molar-refractivity contribution in [1.29, 1.82) is 0 Å². The van der Waals surface area contributed by atoms with Crippen LogP contribution in [-0.4, -0.2) is 34.5 Å². The molecule has 2 aliphatic carbocycles. The van der Waals surface area contributed by atoms with Crippen LogP contribution in [0.4, 0.5) is 0 Å². The van der Waals surface area contributed by atoms with E-state index < -0.39 is 5.91 Å². The molecule has 2 N–H and O–H groups in total. The lowest BCUT2D eigenvalue weighted by Gasteiger charge is -2.39. The van der Waals surface area contributed by atoms with Crippen LogP contribution in [0.5, 0.6) is 0 Å². The zero-order valence-electron chi connectivity index (χ0n) is 13.8. The van der Waals surface area contributed by atoms with Crippen LogP contribution in [-0.2, 0) is 17.6 Å². The summed E-state index contributed by atoms with van der Waals surface area (Å²) in [5, 5.41) is 8.75. The fourth-order valence-electron chi connectivity index (χ4n) is 3.65. The van der Waals surface area contributed by atoms with Gasteiger partial charge >= 0.3 is 0 Å². The number of aryl methyl sites for hydroxylation is 1. The van der Waals surface area contributed by atoms with Crippen LogP contribution in [0.15, 0.2) is 18.2 Å². The number of carbonyl (C=O) groups excluding carboxylic acids is 2. The third kappa shape index (κ3) is 3.39. The molecule has 0 radical (unpaired) electrons. The summed E-state index contributed by atoms with van der Waals surface area (Å²) in [5.41, 5.74) is 4.66. The molecule has 5 nitrogen and oxygen atoms in total. The molecule has 1 unspecified atom stereocenters. The molecule has 1 aromatic rings. The van der Waals surface area contributed by atoms with Gasteiger partial charge in [-0.25, -0.2) is 5.48 Å². The number of fused-ring (bicyclic) bond motifs is 1. The molecule has 0 aliphatic heterocycles. The number of nitrogens with one attached hydrogen (secondary N) is 1. The van der Waals surface area contributed by atoms with Crippen molar-refractivity contribution in [3.63, 3.8) is 0 Å². The summed E-state index contributed by atoms with van der Waals surface area (Å²) >= 11 is 0. The Balaban J connectivity index is 1.76. The summed E-state index contributed by atoms with van der Waals surface area (Å²) in [4.78, 5) is 25.5. The molecular weight excluding hydrogens is 292 g/mol. The van der Waals surface area contributed by atoms with E-state index in [9.17, 15) is 9.59 Å². The Morgan fingerprint density at radius 1 is 1.35 bits per heavy atom. The van der Waals surface area contributed by atoms with E-state index in [-0.39, 0.29) is 11.3 Å². The van der Waals surface area contributed by atoms with E-state index in [1.165, 1.54) is 11.1 Å². The second kappa shape index (κ2) is 5.96. The maximum atomic E-state index is 11.9. The quantitative estimate of drug-likeness (QED) is 0.661. The van der Waals surface area contributed by atoms with Crippen molar-refractivity contribution in [3.8, 4) is 0 Å². The van der Waals surface area contributed by atoms with Crippen LogP contribution in [0.25, 0.3) is 0 Å². The Kier molecular flexibility index (Phi) is 4.15. The maximum absolute atomic E-state index is 11.9. The Morgan fingerprint density at radius 2 is 2.09 bits per heavy atom. The van der Waals surface area contributed by atoms with Gasteiger partial charge in [-0.05, 0) is 60.8 Å². The molecule has 0 bridgehead atoms. The molecule has 3 rings (SSSR count). The van der Waals surface area contributed by atoms with Crippen LogP contribution in [0.1, 0.15) is 54.6 Å². The molecular formula is C18H24N2O3. The summed E-state index contributed by atoms with van der Waals surface area (Å²) in [6, 6.07) is 6.04. The van der Waals surface area contributed by atoms with E-state index >= 15 is 0 Å². The predicted molar refractivity (Wildman–Crippen MR) is 86.2 cm³/mol. The molecule has 1 fully saturated rings. The van der Waals surface area contributed by atoms with Gasteiger partial charge in [0.05, 0.1) is 0 Å². The summed E-state index contributed by atoms with van der Waals surface area (Å²) in [6.45, 7) is 4.73. The van der Waals surface area contributed by atoms with Gasteiger partial charge in [0.1, 0.15) is 0 Å². The Morgan fingerprint density at radius 3 is 2.70 bits per heavy atom. The van der Waals surface area contributed by atoms with Gasteiger partial charge in [0.25, 0.3) is 5.91 Å². The van der Waals surface area contributed by atoms with Crippen molar-refractivity contribution in [1.82, 2.24) is 10.4 Å². The van der Waals surface area contributed by atoms with Gasteiger partial charge in [0.15, 0.2) is 0 Å². The van der Waals surface area contributed by atoms with Crippen LogP contribution < -0.4 is 5.48 Å². The van der Waals surface area contributed by atoms with E-state index in [0.717, 1.165) is 38.6 Å². The minimum Gasteiger partial charge on any atom is -0.339 e. The molecule has 1 aromatic carbocycles. The maximum Gasteiger partial charge on any atom is 0.274 e. The number of amides is 2. The zero-order valence-corrected chi connectivity index (χ0v) is 13.8. The van der Waals surface area contributed by atoms with E-state index in [2.05, 4.69) is 6.92 Å². The smallest absolute Gasteiger partial charge is 0.274 e. The van der Waals surface area contributed by atoms with Crippen LogP contribution in [0.2, 0.25) is 0 Å². The summed E-state index contributed by atoms with van der Waals surface area (Å²) in [6.07, 6.45) is 5.08. The molecule has 0 aromatic heterocycles. The van der Waals surface area contributed by atoms with Crippen LogP contribution in [0.3, 0.4) is 0 Å². The minimum atomic E-state index is -0.474. The zero-order chi connectivity index (χ0) is 16.6. The molecule has 124 valence electrons. The lowest BCUT2D eigenvalue weighted by Crippen LogP contribution is -2.43. The second-order valence-corrected chi connectivity index (χ2v) is 7.29. The first-order valence-corrected chi connectivity index (χ1v) is 8.25. The SMILES string of the molecule is CC(=O)N(CC1(C)CCc2cc(C(=O)NO)ccc2C1)C1CC1. The largest absolute Gasteiger partial charge is 0.339 e. The highest BCUT2D eigenvalue weighted by atomic mass is 16.5. The summed E-state index contributed by atoms with van der Waals surface area (Å²) < 4.78 is 0. The van der Waals surface area contributed by atoms with Gasteiger partial charge in [-0.15, -0.1) is 0 Å². The first-order chi connectivity index (χ1) is 10.9. The van der Waals surface area contributed by atoms with Crippen LogP contribution >= 0.6 is 0 Å². The molecule has 2 amide bonds. The average molecular weight is 316 g/mol. The van der Waals surface area contributed by atoms with Crippen LogP contribution in [0, 0.1) is 5.41 Å². The van der Waals surface area contributed by atoms with Crippen molar-refractivity contribution in [2.24, 2.45) is 5.41 Å². The Bertz CT molecular complexity index is 639. The topological polar surface area (TPSA) is 69.6 Å². The highest BCUT2D eigenvalue weighted by Crippen LogP contribution is 2.39. The van der Waals surface area contributed by atoms with Gasteiger partial charge in [-0.1, -0.05) is 13.0 Å². The summed E-state index contributed by atoms with van der Waals surface area (Å²) in [7, 11) is 0. The first-order valence-electron chi connectivity index (χ1n) is 8.25. The lowest BCUT2D eigenvalue weighted by molar-refractivity contribution is -0.131. The molecule has 23 heavy (non-hydrogen) atoms. The Hall–Kier alpha value is -1.88. The van der Waals surface area contributed by atoms with Crippen molar-refractivity contribution < 1.29 is 14.8 Å². The minimum absolute atomic E-state index is 0.0853. The van der Waals surface area contributed by atoms with Gasteiger partial charge in [-0.2, -0.15) is 0 Å². The second-order valence-electron chi connectivity index (χ2n) is 7.29. The monoisotopic (exact) mass is 316 g/mol. The van der Waals surface area contributed by atoms with E-state index in [4.69, 9.17) is 5.21 Å². The summed E-state index contributed by atoms with van der Waals surface area (Å²) in [5.74, 6) is -0.299. The Labute approximate surface area is 136 Å². The number of hydrogen-bond donors (Lipinski definition) is 2. The normalized spacial score (nSPS) is 23.1. The molecule has 2 aliphatic rings. The van der Waals surface area contributed by atoms with Crippen molar-refractivity contribution in [2.75, 3.05) is 6.54 Å². The van der Waals surface area contributed by atoms with E-state index in [1.54, 1.807) is 18.5 Å². The fraction of sp³-hybridized carbons (Fsp3) is 0.556.